The van der Waals surface area contributed by atoms with Gasteiger partial charge < -0.3 is 14.0 Å². The van der Waals surface area contributed by atoms with Gasteiger partial charge in [0.25, 0.3) is 0 Å². The summed E-state index contributed by atoms with van der Waals surface area (Å²) < 4.78 is 17.2. The van der Waals surface area contributed by atoms with Gasteiger partial charge in [0.2, 0.25) is 0 Å². The molecule has 1 fully saturated rings. The number of hydrogen-bond acceptors (Lipinski definition) is 4. The molecule has 0 unspecified atom stereocenters. The zero-order valence-corrected chi connectivity index (χ0v) is 10.9. The van der Waals surface area contributed by atoms with E-state index in [4.69, 9.17) is 19.3 Å². The summed E-state index contributed by atoms with van der Waals surface area (Å²) in [5.74, 6) is 0. The number of ether oxygens (including phenoxy) is 1. The molecule has 0 aromatic heterocycles. The van der Waals surface area contributed by atoms with E-state index >= 15 is 0 Å². The third kappa shape index (κ3) is 2.13. The quantitative estimate of drug-likeness (QED) is 0.651. The summed E-state index contributed by atoms with van der Waals surface area (Å²) in [6, 6.07) is 2.18. The third-order valence-electron chi connectivity index (χ3n) is 3.82. The molecule has 1 saturated heterocycles. The van der Waals surface area contributed by atoms with E-state index in [9.17, 15) is 0 Å². The SMILES string of the molecule is CC1(C)OB(C2=C(C#N)COCC2)OC1(C)C. The predicted molar refractivity (Wildman–Crippen MR) is 64.2 cm³/mol. The largest absolute Gasteiger partial charge is 0.491 e. The van der Waals surface area contributed by atoms with Crippen molar-refractivity contribution in [1.82, 2.24) is 0 Å². The standard InChI is InChI=1S/C12H18BNO3/c1-11(2)12(3,4)17-13(16-11)10-5-6-15-8-9(10)7-14/h5-6,8H2,1-4H3. The number of rotatable bonds is 1. The Labute approximate surface area is 103 Å². The molecule has 0 amide bonds. The molecule has 2 aliphatic rings. The summed E-state index contributed by atoms with van der Waals surface area (Å²) in [6.07, 6.45) is 0.708. The van der Waals surface area contributed by atoms with Gasteiger partial charge in [0.15, 0.2) is 0 Å². The van der Waals surface area contributed by atoms with Crippen LogP contribution >= 0.6 is 0 Å². The molecule has 0 atom stereocenters. The third-order valence-corrected chi connectivity index (χ3v) is 3.82. The minimum Gasteiger partial charge on any atom is -0.400 e. The van der Waals surface area contributed by atoms with Crippen molar-refractivity contribution in [3.63, 3.8) is 0 Å². The van der Waals surface area contributed by atoms with E-state index in [1.807, 2.05) is 27.7 Å². The fraction of sp³-hybridized carbons (Fsp3) is 0.750. The van der Waals surface area contributed by atoms with Crippen LogP contribution in [0.15, 0.2) is 11.0 Å². The van der Waals surface area contributed by atoms with Crippen molar-refractivity contribution in [2.75, 3.05) is 13.2 Å². The predicted octanol–water partition coefficient (Wildman–Crippen LogP) is 1.86. The molecular weight excluding hydrogens is 217 g/mol. The molecule has 0 aliphatic carbocycles. The van der Waals surface area contributed by atoms with E-state index in [1.165, 1.54) is 0 Å². The lowest BCUT2D eigenvalue weighted by atomic mass is 9.73. The highest BCUT2D eigenvalue weighted by Gasteiger charge is 2.52. The maximum absolute atomic E-state index is 9.08. The number of nitrogens with zero attached hydrogens (tertiary/aromatic N) is 1. The molecule has 0 spiro atoms. The van der Waals surface area contributed by atoms with Gasteiger partial charge in [-0.3, -0.25) is 0 Å². The molecule has 2 aliphatic heterocycles. The molecule has 0 N–H and O–H groups in total. The average Bonchev–Trinajstić information content (AvgIpc) is 2.48. The summed E-state index contributed by atoms with van der Waals surface area (Å²) in [5.41, 5.74) is 0.875. The highest BCUT2D eigenvalue weighted by atomic mass is 16.7. The second-order valence-corrected chi connectivity index (χ2v) is 5.51. The Balaban J connectivity index is 2.26. The second-order valence-electron chi connectivity index (χ2n) is 5.51. The van der Waals surface area contributed by atoms with Crippen molar-refractivity contribution >= 4 is 7.12 Å². The lowest BCUT2D eigenvalue weighted by Crippen LogP contribution is -2.41. The average molecular weight is 235 g/mol. The first-order valence-corrected chi connectivity index (χ1v) is 5.93. The fourth-order valence-electron chi connectivity index (χ4n) is 1.95. The Bertz CT molecular complexity index is 379. The lowest BCUT2D eigenvalue weighted by Gasteiger charge is -2.32. The van der Waals surface area contributed by atoms with Gasteiger partial charge in [-0.05, 0) is 39.6 Å². The first-order valence-electron chi connectivity index (χ1n) is 5.93. The van der Waals surface area contributed by atoms with Crippen LogP contribution in [0.1, 0.15) is 34.1 Å². The number of hydrogen-bond donors (Lipinski definition) is 0. The van der Waals surface area contributed by atoms with Gasteiger partial charge in [-0.2, -0.15) is 5.26 Å². The van der Waals surface area contributed by atoms with E-state index < -0.39 is 7.12 Å². The van der Waals surface area contributed by atoms with Crippen molar-refractivity contribution in [2.24, 2.45) is 0 Å². The maximum atomic E-state index is 9.08. The second kappa shape index (κ2) is 4.13. The Morgan fingerprint density at radius 3 is 2.29 bits per heavy atom. The summed E-state index contributed by atoms with van der Waals surface area (Å²) >= 11 is 0. The Hall–Kier alpha value is -0.825. The van der Waals surface area contributed by atoms with Crippen molar-refractivity contribution in [1.29, 1.82) is 5.26 Å². The topological polar surface area (TPSA) is 51.5 Å². The molecule has 5 heteroatoms. The van der Waals surface area contributed by atoms with Crippen LogP contribution in [0, 0.1) is 11.3 Å². The molecule has 4 nitrogen and oxygen atoms in total. The van der Waals surface area contributed by atoms with Gasteiger partial charge in [0.05, 0.1) is 36.1 Å². The summed E-state index contributed by atoms with van der Waals surface area (Å²) in [6.45, 7) is 9.05. The van der Waals surface area contributed by atoms with Crippen LogP contribution < -0.4 is 0 Å². The molecule has 0 radical (unpaired) electrons. The molecule has 0 bridgehead atoms. The number of nitriles is 1. The van der Waals surface area contributed by atoms with Crippen LogP contribution in [0.5, 0.6) is 0 Å². The van der Waals surface area contributed by atoms with Gasteiger partial charge >= 0.3 is 7.12 Å². The van der Waals surface area contributed by atoms with Gasteiger partial charge in [-0.1, -0.05) is 0 Å². The van der Waals surface area contributed by atoms with Gasteiger partial charge in [0, 0.05) is 0 Å². The van der Waals surface area contributed by atoms with Crippen LogP contribution in [-0.2, 0) is 14.0 Å². The zero-order chi connectivity index (χ0) is 12.7. The fourth-order valence-corrected chi connectivity index (χ4v) is 1.95. The first-order chi connectivity index (χ1) is 7.87. The minimum atomic E-state index is -0.404. The highest BCUT2D eigenvalue weighted by molar-refractivity contribution is 6.55. The highest BCUT2D eigenvalue weighted by Crippen LogP contribution is 2.40. The van der Waals surface area contributed by atoms with Crippen LogP contribution in [-0.4, -0.2) is 31.5 Å². The van der Waals surface area contributed by atoms with Gasteiger partial charge in [-0.25, -0.2) is 0 Å². The summed E-state index contributed by atoms with van der Waals surface area (Å²) in [4.78, 5) is 0. The zero-order valence-electron chi connectivity index (χ0n) is 10.9. The summed E-state index contributed by atoms with van der Waals surface area (Å²) in [5, 5.41) is 9.08. The molecule has 0 aromatic carbocycles. The molecule has 2 rings (SSSR count). The van der Waals surface area contributed by atoms with Crippen LogP contribution in [0.25, 0.3) is 0 Å². The maximum Gasteiger partial charge on any atom is 0.491 e. The van der Waals surface area contributed by atoms with Gasteiger partial charge in [0.1, 0.15) is 0 Å². The van der Waals surface area contributed by atoms with Gasteiger partial charge in [-0.15, -0.1) is 0 Å². The van der Waals surface area contributed by atoms with Crippen LogP contribution in [0.3, 0.4) is 0 Å². The van der Waals surface area contributed by atoms with Crippen molar-refractivity contribution in [3.8, 4) is 6.07 Å². The van der Waals surface area contributed by atoms with E-state index in [2.05, 4.69) is 6.07 Å². The van der Waals surface area contributed by atoms with Crippen LogP contribution in [0.2, 0.25) is 0 Å². The molecule has 92 valence electrons. The lowest BCUT2D eigenvalue weighted by molar-refractivity contribution is 0.00578. The van der Waals surface area contributed by atoms with Crippen molar-refractivity contribution < 1.29 is 14.0 Å². The monoisotopic (exact) mass is 235 g/mol. The molecular formula is C12H18BNO3. The van der Waals surface area contributed by atoms with Crippen molar-refractivity contribution in [2.45, 2.75) is 45.3 Å². The molecule has 17 heavy (non-hydrogen) atoms. The molecule has 2 heterocycles. The van der Waals surface area contributed by atoms with Crippen molar-refractivity contribution in [3.05, 3.63) is 11.0 Å². The molecule has 0 aromatic rings. The molecule has 0 saturated carbocycles. The summed E-state index contributed by atoms with van der Waals surface area (Å²) in [7, 11) is -0.404. The Kier molecular flexibility index (Phi) is 3.07. The normalized spacial score (nSPS) is 27.1. The van der Waals surface area contributed by atoms with E-state index in [0.717, 1.165) is 5.47 Å². The Morgan fingerprint density at radius 1 is 1.18 bits per heavy atom. The van der Waals surface area contributed by atoms with E-state index in [-0.39, 0.29) is 11.2 Å². The first kappa shape index (κ1) is 12.6. The van der Waals surface area contributed by atoms with E-state index in [0.29, 0.717) is 25.2 Å². The van der Waals surface area contributed by atoms with E-state index in [1.54, 1.807) is 0 Å². The Morgan fingerprint density at radius 2 is 1.76 bits per heavy atom. The smallest absolute Gasteiger partial charge is 0.400 e. The minimum absolute atomic E-state index is 0.358. The van der Waals surface area contributed by atoms with Crippen LogP contribution in [0.4, 0.5) is 0 Å².